The number of fused-ring (bicyclic) bond motifs is 3. The molecule has 2 aromatic carbocycles. The second kappa shape index (κ2) is 7.77. The Labute approximate surface area is 190 Å². The molecule has 1 saturated heterocycles. The molecular formula is C28H34N2O2. The third-order valence-corrected chi connectivity index (χ3v) is 7.42. The van der Waals surface area contributed by atoms with Gasteiger partial charge < -0.3 is 9.72 Å². The SMILES string of the molecule is Cc1[nH]c2ccc(OCc3ccccc3)cc2c(=O)c1CN1CC2(C)CC1CC(C)(C)C2. The summed E-state index contributed by atoms with van der Waals surface area (Å²) >= 11 is 0. The minimum absolute atomic E-state index is 0.132. The normalized spacial score (nSPS) is 24.7. The van der Waals surface area contributed by atoms with Gasteiger partial charge in [-0.05, 0) is 60.8 Å². The Balaban J connectivity index is 1.42. The van der Waals surface area contributed by atoms with Crippen molar-refractivity contribution in [1.29, 1.82) is 0 Å². The van der Waals surface area contributed by atoms with Crippen LogP contribution in [0, 0.1) is 17.8 Å². The Kier molecular flexibility index (Phi) is 5.16. The Hall–Kier alpha value is -2.59. The molecule has 1 aliphatic heterocycles. The summed E-state index contributed by atoms with van der Waals surface area (Å²) in [5, 5.41) is 0.713. The van der Waals surface area contributed by atoms with Gasteiger partial charge in [-0.25, -0.2) is 0 Å². The van der Waals surface area contributed by atoms with E-state index in [0.29, 0.717) is 28.9 Å². The molecule has 4 nitrogen and oxygen atoms in total. The molecule has 32 heavy (non-hydrogen) atoms. The molecule has 2 bridgehead atoms. The molecule has 2 atom stereocenters. The van der Waals surface area contributed by atoms with Crippen LogP contribution in [-0.4, -0.2) is 22.5 Å². The standard InChI is InChI=1S/C28H34N2O2/c1-19-24(15-30-18-28(4)14-21(30)13-27(2,3)17-28)26(31)23-12-22(10-11-25(23)29-19)32-16-20-8-6-5-7-9-20/h5-12,21H,13-18H2,1-4H3,(H,29,31). The van der Waals surface area contributed by atoms with Gasteiger partial charge >= 0.3 is 0 Å². The summed E-state index contributed by atoms with van der Waals surface area (Å²) in [5.41, 5.74) is 4.73. The van der Waals surface area contributed by atoms with Crippen molar-refractivity contribution in [1.82, 2.24) is 9.88 Å². The highest BCUT2D eigenvalue weighted by Crippen LogP contribution is 2.52. The van der Waals surface area contributed by atoms with Gasteiger partial charge in [-0.15, -0.1) is 0 Å². The van der Waals surface area contributed by atoms with Crippen molar-refractivity contribution >= 4 is 10.9 Å². The van der Waals surface area contributed by atoms with Gasteiger partial charge in [0, 0.05) is 41.3 Å². The van der Waals surface area contributed by atoms with Gasteiger partial charge in [0.25, 0.3) is 0 Å². The van der Waals surface area contributed by atoms with Crippen LogP contribution < -0.4 is 10.2 Å². The lowest BCUT2D eigenvalue weighted by Gasteiger charge is -2.40. The fourth-order valence-corrected chi connectivity index (χ4v) is 6.42. The second-order valence-corrected chi connectivity index (χ2v) is 11.2. The quantitative estimate of drug-likeness (QED) is 0.555. The van der Waals surface area contributed by atoms with Gasteiger partial charge in [-0.1, -0.05) is 51.1 Å². The van der Waals surface area contributed by atoms with E-state index in [1.165, 1.54) is 19.3 Å². The molecule has 4 heteroatoms. The highest BCUT2D eigenvalue weighted by Gasteiger charge is 2.49. The van der Waals surface area contributed by atoms with Gasteiger partial charge in [0.05, 0.1) is 0 Å². The van der Waals surface area contributed by atoms with Crippen LogP contribution in [0.2, 0.25) is 0 Å². The van der Waals surface area contributed by atoms with Crippen LogP contribution >= 0.6 is 0 Å². The van der Waals surface area contributed by atoms with Crippen molar-refractivity contribution in [2.24, 2.45) is 10.8 Å². The molecule has 1 saturated carbocycles. The van der Waals surface area contributed by atoms with E-state index >= 15 is 0 Å². The van der Waals surface area contributed by atoms with Crippen LogP contribution in [-0.2, 0) is 13.2 Å². The summed E-state index contributed by atoms with van der Waals surface area (Å²) < 4.78 is 5.99. The maximum absolute atomic E-state index is 13.6. The fourth-order valence-electron chi connectivity index (χ4n) is 6.42. The predicted molar refractivity (Wildman–Crippen MR) is 130 cm³/mol. The van der Waals surface area contributed by atoms with E-state index in [9.17, 15) is 4.79 Å². The molecule has 0 spiro atoms. The van der Waals surface area contributed by atoms with Gasteiger partial charge in [-0.2, -0.15) is 0 Å². The van der Waals surface area contributed by atoms with Gasteiger partial charge in [0.15, 0.2) is 5.43 Å². The van der Waals surface area contributed by atoms with E-state index in [0.717, 1.165) is 41.2 Å². The van der Waals surface area contributed by atoms with Crippen LogP contribution in [0.5, 0.6) is 5.75 Å². The topological polar surface area (TPSA) is 45.3 Å². The second-order valence-electron chi connectivity index (χ2n) is 11.2. The molecular weight excluding hydrogens is 396 g/mol. The first-order valence-electron chi connectivity index (χ1n) is 11.8. The number of nitrogens with one attached hydrogen (secondary N) is 1. The zero-order valence-electron chi connectivity index (χ0n) is 19.7. The highest BCUT2D eigenvalue weighted by atomic mass is 16.5. The van der Waals surface area contributed by atoms with Crippen molar-refractivity contribution in [3.63, 3.8) is 0 Å². The summed E-state index contributed by atoms with van der Waals surface area (Å²) in [7, 11) is 0. The number of aromatic nitrogens is 1. The minimum Gasteiger partial charge on any atom is -0.489 e. The number of nitrogens with zero attached hydrogens (tertiary/aromatic N) is 1. The number of hydrogen-bond donors (Lipinski definition) is 1. The summed E-state index contributed by atoms with van der Waals surface area (Å²) in [6.07, 6.45) is 3.73. The van der Waals surface area contributed by atoms with Crippen LogP contribution in [0.1, 0.15) is 56.9 Å². The average molecular weight is 431 g/mol. The van der Waals surface area contributed by atoms with Crippen LogP contribution in [0.25, 0.3) is 10.9 Å². The lowest BCUT2D eigenvalue weighted by Crippen LogP contribution is -2.35. The zero-order chi connectivity index (χ0) is 22.5. The molecule has 2 fully saturated rings. The maximum atomic E-state index is 13.6. The maximum Gasteiger partial charge on any atom is 0.194 e. The molecule has 0 amide bonds. The summed E-state index contributed by atoms with van der Waals surface area (Å²) in [4.78, 5) is 19.6. The fraction of sp³-hybridized carbons (Fsp3) is 0.464. The third kappa shape index (κ3) is 4.09. The monoisotopic (exact) mass is 430 g/mol. The molecule has 2 aliphatic rings. The number of H-pyrrole nitrogens is 1. The lowest BCUT2D eigenvalue weighted by atomic mass is 9.65. The minimum atomic E-state index is 0.132. The number of aryl methyl sites for hydroxylation is 1. The largest absolute Gasteiger partial charge is 0.489 e. The average Bonchev–Trinajstić information content (AvgIpc) is 2.98. The third-order valence-electron chi connectivity index (χ3n) is 7.42. The van der Waals surface area contributed by atoms with Crippen molar-refractivity contribution in [3.05, 3.63) is 75.6 Å². The molecule has 5 rings (SSSR count). The van der Waals surface area contributed by atoms with Crippen molar-refractivity contribution in [2.75, 3.05) is 6.54 Å². The first kappa shape index (κ1) is 21.3. The molecule has 1 aromatic heterocycles. The number of likely N-dealkylation sites (tertiary alicyclic amines) is 1. The number of hydrogen-bond acceptors (Lipinski definition) is 3. The highest BCUT2D eigenvalue weighted by molar-refractivity contribution is 5.81. The van der Waals surface area contributed by atoms with E-state index in [4.69, 9.17) is 4.74 Å². The van der Waals surface area contributed by atoms with E-state index in [-0.39, 0.29) is 5.43 Å². The molecule has 2 heterocycles. The Bertz CT molecular complexity index is 1200. The molecule has 2 unspecified atom stereocenters. The van der Waals surface area contributed by atoms with Gasteiger partial charge in [0.2, 0.25) is 0 Å². The van der Waals surface area contributed by atoms with E-state index < -0.39 is 0 Å². The van der Waals surface area contributed by atoms with Crippen molar-refractivity contribution in [3.8, 4) is 5.75 Å². The number of rotatable bonds is 5. The lowest BCUT2D eigenvalue weighted by molar-refractivity contribution is 0.126. The summed E-state index contributed by atoms with van der Waals surface area (Å²) in [5.74, 6) is 0.730. The first-order valence-corrected chi connectivity index (χ1v) is 11.8. The van der Waals surface area contributed by atoms with E-state index in [1.54, 1.807) is 0 Å². The Morgan fingerprint density at radius 3 is 2.66 bits per heavy atom. The van der Waals surface area contributed by atoms with E-state index in [2.05, 4.69) is 30.7 Å². The number of ether oxygens (including phenoxy) is 1. The van der Waals surface area contributed by atoms with Crippen molar-refractivity contribution in [2.45, 2.75) is 66.2 Å². The van der Waals surface area contributed by atoms with Crippen LogP contribution in [0.4, 0.5) is 0 Å². The van der Waals surface area contributed by atoms with Gasteiger partial charge in [-0.3, -0.25) is 9.69 Å². The molecule has 1 aliphatic carbocycles. The molecule has 3 aromatic rings. The molecule has 1 N–H and O–H groups in total. The van der Waals surface area contributed by atoms with Crippen LogP contribution in [0.15, 0.2) is 53.3 Å². The Morgan fingerprint density at radius 2 is 1.88 bits per heavy atom. The van der Waals surface area contributed by atoms with Gasteiger partial charge in [0.1, 0.15) is 12.4 Å². The smallest absolute Gasteiger partial charge is 0.194 e. The Morgan fingerprint density at radius 1 is 1.09 bits per heavy atom. The number of aromatic amines is 1. The number of pyridine rings is 1. The zero-order valence-corrected chi connectivity index (χ0v) is 19.7. The predicted octanol–water partition coefficient (Wildman–Crippen LogP) is 5.82. The number of benzene rings is 2. The molecule has 0 radical (unpaired) electrons. The van der Waals surface area contributed by atoms with Crippen LogP contribution in [0.3, 0.4) is 0 Å². The first-order chi connectivity index (χ1) is 15.2. The molecule has 168 valence electrons. The van der Waals surface area contributed by atoms with E-state index in [1.807, 2.05) is 55.5 Å². The van der Waals surface area contributed by atoms with Crippen molar-refractivity contribution < 1.29 is 4.74 Å². The summed E-state index contributed by atoms with van der Waals surface area (Å²) in [6.45, 7) is 11.5. The summed E-state index contributed by atoms with van der Waals surface area (Å²) in [6, 6.07) is 16.5.